The molecule has 5 nitrogen and oxygen atoms in total. The molecule has 1 aromatic carbocycles. The van der Waals surface area contributed by atoms with Crippen LogP contribution in [0.4, 0.5) is 5.69 Å². The van der Waals surface area contributed by atoms with Crippen LogP contribution >= 0.6 is 0 Å². The Labute approximate surface area is 136 Å². The second-order valence-corrected chi connectivity index (χ2v) is 6.73. The van der Waals surface area contributed by atoms with Crippen molar-refractivity contribution in [3.63, 3.8) is 0 Å². The third-order valence-electron chi connectivity index (χ3n) is 5.04. The SMILES string of the molecule is CN(CC(=O)Nc1ccc2c(c1)C=CN1OC21)C1CCCCC1. The van der Waals surface area contributed by atoms with Gasteiger partial charge >= 0.3 is 0 Å². The molecule has 1 saturated heterocycles. The van der Waals surface area contributed by atoms with Crippen molar-refractivity contribution in [2.75, 3.05) is 18.9 Å². The van der Waals surface area contributed by atoms with Crippen LogP contribution in [0.1, 0.15) is 49.5 Å². The number of fused-ring (bicyclic) bond motifs is 3. The molecule has 0 bridgehead atoms. The zero-order chi connectivity index (χ0) is 15.8. The van der Waals surface area contributed by atoms with Crippen molar-refractivity contribution >= 4 is 17.7 Å². The van der Waals surface area contributed by atoms with Gasteiger partial charge in [-0.1, -0.05) is 25.3 Å². The molecule has 1 N–H and O–H groups in total. The normalized spacial score (nSPS) is 22.7. The van der Waals surface area contributed by atoms with E-state index < -0.39 is 0 Å². The van der Waals surface area contributed by atoms with Gasteiger partial charge in [-0.15, -0.1) is 0 Å². The first-order valence-corrected chi connectivity index (χ1v) is 8.48. The van der Waals surface area contributed by atoms with Crippen molar-refractivity contribution in [1.29, 1.82) is 0 Å². The minimum absolute atomic E-state index is 0.0575. The summed E-state index contributed by atoms with van der Waals surface area (Å²) in [6, 6.07) is 6.56. The van der Waals surface area contributed by atoms with Crippen LogP contribution in [0.25, 0.3) is 6.08 Å². The number of nitrogens with one attached hydrogen (secondary N) is 1. The van der Waals surface area contributed by atoms with Crippen LogP contribution in [0.15, 0.2) is 24.4 Å². The first kappa shape index (κ1) is 14.7. The standard InChI is InChI=1S/C18H23N3O2/c1-20(15-5-3-2-4-6-15)12-17(22)19-14-7-8-16-13(11-14)9-10-21-18(16)23-21/h7-11,15,18H,2-6,12H2,1H3,(H,19,22). The maximum Gasteiger partial charge on any atom is 0.238 e. The number of hydroxylamine groups is 2. The van der Waals surface area contributed by atoms with Crippen LogP contribution in [-0.4, -0.2) is 35.5 Å². The van der Waals surface area contributed by atoms with E-state index in [0.717, 1.165) is 16.8 Å². The van der Waals surface area contributed by atoms with Gasteiger partial charge in [0.25, 0.3) is 0 Å². The van der Waals surface area contributed by atoms with Gasteiger partial charge in [-0.05, 0) is 43.7 Å². The molecule has 0 radical (unpaired) electrons. The van der Waals surface area contributed by atoms with E-state index >= 15 is 0 Å². The van der Waals surface area contributed by atoms with Gasteiger partial charge in [0.2, 0.25) is 12.1 Å². The Hall–Kier alpha value is -1.85. The smallest absolute Gasteiger partial charge is 0.238 e. The van der Waals surface area contributed by atoms with Gasteiger partial charge in [-0.25, -0.2) is 9.90 Å². The number of rotatable bonds is 4. The molecule has 1 aromatic rings. The molecule has 2 fully saturated rings. The van der Waals surface area contributed by atoms with E-state index in [0.29, 0.717) is 12.6 Å². The van der Waals surface area contributed by atoms with Crippen LogP contribution in [0.5, 0.6) is 0 Å². The second-order valence-electron chi connectivity index (χ2n) is 6.73. The monoisotopic (exact) mass is 313 g/mol. The summed E-state index contributed by atoms with van der Waals surface area (Å²) in [4.78, 5) is 19.9. The molecule has 2 heterocycles. The largest absolute Gasteiger partial charge is 0.325 e. The van der Waals surface area contributed by atoms with Gasteiger partial charge in [0, 0.05) is 23.5 Å². The molecule has 1 atom stereocenters. The van der Waals surface area contributed by atoms with Crippen molar-refractivity contribution in [1.82, 2.24) is 9.96 Å². The molecule has 1 aliphatic carbocycles. The van der Waals surface area contributed by atoms with Crippen LogP contribution in [0.2, 0.25) is 0 Å². The fraction of sp³-hybridized carbons (Fsp3) is 0.500. The highest BCUT2D eigenvalue weighted by molar-refractivity contribution is 5.92. The minimum Gasteiger partial charge on any atom is -0.325 e. The summed E-state index contributed by atoms with van der Waals surface area (Å²) in [5.74, 6) is 0.0575. The lowest BCUT2D eigenvalue weighted by Gasteiger charge is -2.30. The Bertz CT molecular complexity index is 637. The Morgan fingerprint density at radius 2 is 2.17 bits per heavy atom. The topological polar surface area (TPSA) is 47.9 Å². The predicted octanol–water partition coefficient (Wildman–Crippen LogP) is 3.12. The Morgan fingerprint density at radius 3 is 3.00 bits per heavy atom. The summed E-state index contributed by atoms with van der Waals surface area (Å²) in [5, 5.41) is 4.84. The van der Waals surface area contributed by atoms with Gasteiger partial charge in [0.05, 0.1) is 6.54 Å². The van der Waals surface area contributed by atoms with E-state index in [1.165, 1.54) is 32.1 Å². The summed E-state index contributed by atoms with van der Waals surface area (Å²) < 4.78 is 0. The van der Waals surface area contributed by atoms with E-state index in [4.69, 9.17) is 4.84 Å². The average molecular weight is 313 g/mol. The van der Waals surface area contributed by atoms with Gasteiger partial charge < -0.3 is 5.32 Å². The maximum atomic E-state index is 12.3. The van der Waals surface area contributed by atoms with E-state index in [2.05, 4.69) is 17.3 Å². The number of carbonyl (C=O) groups excluding carboxylic acids is 1. The second kappa shape index (κ2) is 5.98. The summed E-state index contributed by atoms with van der Waals surface area (Å²) in [7, 11) is 2.06. The van der Waals surface area contributed by atoms with Crippen LogP contribution < -0.4 is 5.32 Å². The molecule has 4 rings (SSSR count). The van der Waals surface area contributed by atoms with Gasteiger partial charge in [0.15, 0.2) is 0 Å². The molecular formula is C18H23N3O2. The number of hydrogen-bond donors (Lipinski definition) is 1. The maximum absolute atomic E-state index is 12.3. The predicted molar refractivity (Wildman–Crippen MR) is 89.3 cm³/mol. The molecule has 0 aromatic heterocycles. The first-order chi connectivity index (χ1) is 11.2. The fourth-order valence-electron chi connectivity index (χ4n) is 3.65. The zero-order valence-electron chi connectivity index (χ0n) is 13.5. The molecule has 122 valence electrons. The molecule has 1 saturated carbocycles. The summed E-state index contributed by atoms with van der Waals surface area (Å²) in [6.45, 7) is 0.455. The number of nitrogens with zero attached hydrogens (tertiary/aromatic N) is 2. The molecule has 23 heavy (non-hydrogen) atoms. The van der Waals surface area contributed by atoms with Crippen LogP contribution in [0.3, 0.4) is 0 Å². The van der Waals surface area contributed by atoms with Crippen molar-refractivity contribution in [2.24, 2.45) is 0 Å². The van der Waals surface area contributed by atoms with E-state index in [9.17, 15) is 4.79 Å². The molecule has 3 aliphatic rings. The summed E-state index contributed by atoms with van der Waals surface area (Å²) >= 11 is 0. The molecule has 0 spiro atoms. The van der Waals surface area contributed by atoms with Gasteiger partial charge in [-0.2, -0.15) is 0 Å². The van der Waals surface area contributed by atoms with E-state index in [-0.39, 0.29) is 12.1 Å². The zero-order valence-corrected chi connectivity index (χ0v) is 13.5. The molecule has 1 unspecified atom stereocenters. The van der Waals surface area contributed by atoms with Crippen molar-refractivity contribution < 1.29 is 9.63 Å². The lowest BCUT2D eigenvalue weighted by molar-refractivity contribution is -0.117. The molecule has 5 heteroatoms. The Morgan fingerprint density at radius 1 is 1.35 bits per heavy atom. The van der Waals surface area contributed by atoms with E-state index in [1.54, 1.807) is 0 Å². The Kier molecular flexibility index (Phi) is 3.83. The van der Waals surface area contributed by atoms with Gasteiger partial charge in [-0.3, -0.25) is 9.69 Å². The average Bonchev–Trinajstić information content (AvgIpc) is 3.35. The number of amides is 1. The van der Waals surface area contributed by atoms with Crippen molar-refractivity contribution in [2.45, 2.75) is 44.4 Å². The van der Waals surface area contributed by atoms with Crippen molar-refractivity contribution in [3.05, 3.63) is 35.5 Å². The Balaban J connectivity index is 1.36. The van der Waals surface area contributed by atoms with Crippen molar-refractivity contribution in [3.8, 4) is 0 Å². The molecular weight excluding hydrogens is 290 g/mol. The fourth-order valence-corrected chi connectivity index (χ4v) is 3.65. The lowest BCUT2D eigenvalue weighted by atomic mass is 9.94. The van der Waals surface area contributed by atoms with Crippen LogP contribution in [-0.2, 0) is 9.63 Å². The summed E-state index contributed by atoms with van der Waals surface area (Å²) in [5.41, 5.74) is 3.12. The number of hydrogen-bond acceptors (Lipinski definition) is 4. The first-order valence-electron chi connectivity index (χ1n) is 8.48. The number of anilines is 1. The number of likely N-dealkylation sites (N-methyl/N-ethyl adjacent to an activating group) is 1. The third-order valence-corrected chi connectivity index (χ3v) is 5.04. The number of benzene rings is 1. The highest BCUT2D eigenvalue weighted by Gasteiger charge is 2.39. The highest BCUT2D eigenvalue weighted by atomic mass is 16.8. The van der Waals surface area contributed by atoms with E-state index in [1.807, 2.05) is 35.5 Å². The third kappa shape index (κ3) is 3.12. The summed E-state index contributed by atoms with van der Waals surface area (Å²) in [6.07, 6.45) is 10.3. The lowest BCUT2D eigenvalue weighted by Crippen LogP contribution is -2.39. The number of carbonyl (C=O) groups is 1. The highest BCUT2D eigenvalue weighted by Crippen LogP contribution is 2.43. The van der Waals surface area contributed by atoms with Crippen LogP contribution in [0, 0.1) is 0 Å². The quantitative estimate of drug-likeness (QED) is 0.868. The van der Waals surface area contributed by atoms with Gasteiger partial charge in [0.1, 0.15) is 0 Å². The molecule has 1 amide bonds. The molecule has 2 aliphatic heterocycles. The minimum atomic E-state index is 0.0575.